The van der Waals surface area contributed by atoms with Gasteiger partial charge in [-0.1, -0.05) is 53.5 Å². The van der Waals surface area contributed by atoms with Crippen LogP contribution in [0.3, 0.4) is 0 Å². The molecule has 3 aromatic carbocycles. The zero-order valence-electron chi connectivity index (χ0n) is 19.6. The predicted octanol–water partition coefficient (Wildman–Crippen LogP) is 4.22. The summed E-state index contributed by atoms with van der Waals surface area (Å²) in [4.78, 5) is 24.6. The molecule has 0 spiro atoms. The molecule has 0 fully saturated rings. The standard InChI is InChI=1S/C25H23Cl2N3O6S/c1-3-14-30(21-9-5-7-11-23(21)35-2)37(33,34)17-12-13-19(26)18(15-17)25(32)29-28-24(31)16-36-22-10-6-4-8-20(22)27/h3-13,15H,1,14,16H2,2H3,(H,28,31)(H,29,32). The number of methoxy groups -OCH3 is 1. The first-order chi connectivity index (χ1) is 17.7. The van der Waals surface area contributed by atoms with E-state index in [-0.39, 0.29) is 27.7 Å². The summed E-state index contributed by atoms with van der Waals surface area (Å²) >= 11 is 12.1. The van der Waals surface area contributed by atoms with E-state index < -0.39 is 28.4 Å². The molecule has 9 nitrogen and oxygen atoms in total. The Labute approximate surface area is 224 Å². The van der Waals surface area contributed by atoms with Crippen LogP contribution in [0, 0.1) is 0 Å². The number of hydrogen-bond acceptors (Lipinski definition) is 6. The Balaban J connectivity index is 1.78. The predicted molar refractivity (Wildman–Crippen MR) is 142 cm³/mol. The number of hydrazine groups is 1. The van der Waals surface area contributed by atoms with Crippen molar-refractivity contribution in [2.24, 2.45) is 0 Å². The number of benzene rings is 3. The maximum absolute atomic E-state index is 13.5. The number of carbonyl (C=O) groups is 2. The van der Waals surface area contributed by atoms with Gasteiger partial charge in [0.1, 0.15) is 11.5 Å². The third-order valence-electron chi connectivity index (χ3n) is 4.93. The van der Waals surface area contributed by atoms with Gasteiger partial charge in [0, 0.05) is 0 Å². The maximum atomic E-state index is 13.5. The van der Waals surface area contributed by atoms with E-state index in [1.807, 2.05) is 0 Å². The van der Waals surface area contributed by atoms with Crippen LogP contribution in [0.25, 0.3) is 0 Å². The molecule has 0 atom stereocenters. The van der Waals surface area contributed by atoms with Crippen molar-refractivity contribution in [3.05, 3.63) is 95.0 Å². The van der Waals surface area contributed by atoms with Crippen molar-refractivity contribution in [3.63, 3.8) is 0 Å². The first-order valence-corrected chi connectivity index (χ1v) is 12.9. The fourth-order valence-electron chi connectivity index (χ4n) is 3.18. The molecule has 0 aromatic heterocycles. The van der Waals surface area contributed by atoms with Gasteiger partial charge >= 0.3 is 0 Å². The van der Waals surface area contributed by atoms with Crippen molar-refractivity contribution in [3.8, 4) is 11.5 Å². The Bertz CT molecular complexity index is 1420. The number of nitrogens with one attached hydrogen (secondary N) is 2. The van der Waals surface area contributed by atoms with Crippen molar-refractivity contribution in [1.29, 1.82) is 0 Å². The third-order valence-corrected chi connectivity index (χ3v) is 7.35. The fraction of sp³-hybridized carbons (Fsp3) is 0.120. The normalized spacial score (nSPS) is 10.8. The van der Waals surface area contributed by atoms with E-state index in [1.165, 1.54) is 25.3 Å². The lowest BCUT2D eigenvalue weighted by Crippen LogP contribution is -2.44. The lowest BCUT2D eigenvalue weighted by atomic mass is 10.2. The highest BCUT2D eigenvalue weighted by Gasteiger charge is 2.28. The summed E-state index contributed by atoms with van der Waals surface area (Å²) in [6.07, 6.45) is 1.42. The summed E-state index contributed by atoms with van der Waals surface area (Å²) in [7, 11) is -2.75. The molecular weight excluding hydrogens is 541 g/mol. The van der Waals surface area contributed by atoms with Crippen LogP contribution in [0.1, 0.15) is 10.4 Å². The molecule has 0 aliphatic carbocycles. The number of sulfonamides is 1. The molecular formula is C25H23Cl2N3O6S. The van der Waals surface area contributed by atoms with Crippen molar-refractivity contribution in [2.45, 2.75) is 4.90 Å². The maximum Gasteiger partial charge on any atom is 0.276 e. The molecule has 0 bridgehead atoms. The Hall–Kier alpha value is -3.73. The first kappa shape index (κ1) is 27.9. The number of amides is 2. The molecule has 0 radical (unpaired) electrons. The van der Waals surface area contributed by atoms with Gasteiger partial charge in [0.25, 0.3) is 21.8 Å². The fourth-order valence-corrected chi connectivity index (χ4v) is 5.05. The Kier molecular flexibility index (Phi) is 9.40. The lowest BCUT2D eigenvalue weighted by molar-refractivity contribution is -0.123. The van der Waals surface area contributed by atoms with Crippen LogP contribution in [-0.2, 0) is 14.8 Å². The highest BCUT2D eigenvalue weighted by atomic mass is 35.5. The van der Waals surface area contributed by atoms with Crippen LogP contribution in [0.5, 0.6) is 11.5 Å². The molecule has 0 heterocycles. The molecule has 3 aromatic rings. The van der Waals surface area contributed by atoms with Gasteiger partial charge < -0.3 is 9.47 Å². The molecule has 37 heavy (non-hydrogen) atoms. The zero-order valence-corrected chi connectivity index (χ0v) is 21.9. The Morgan fingerprint density at radius 1 is 0.973 bits per heavy atom. The van der Waals surface area contributed by atoms with E-state index in [0.717, 1.165) is 10.4 Å². The van der Waals surface area contributed by atoms with E-state index in [0.29, 0.717) is 16.5 Å². The second-order valence-corrected chi connectivity index (χ2v) is 10.0. The monoisotopic (exact) mass is 563 g/mol. The average molecular weight is 564 g/mol. The van der Waals surface area contributed by atoms with Crippen LogP contribution in [0.15, 0.2) is 84.3 Å². The van der Waals surface area contributed by atoms with E-state index in [1.54, 1.807) is 48.5 Å². The van der Waals surface area contributed by atoms with Crippen molar-refractivity contribution in [1.82, 2.24) is 10.9 Å². The zero-order chi connectivity index (χ0) is 27.0. The van der Waals surface area contributed by atoms with Gasteiger partial charge in [0.2, 0.25) is 0 Å². The van der Waals surface area contributed by atoms with Gasteiger partial charge in [-0.05, 0) is 42.5 Å². The Morgan fingerprint density at radius 3 is 2.32 bits per heavy atom. The van der Waals surface area contributed by atoms with Crippen molar-refractivity contribution >= 4 is 50.7 Å². The van der Waals surface area contributed by atoms with E-state index in [4.69, 9.17) is 32.7 Å². The van der Waals surface area contributed by atoms with Gasteiger partial charge in [-0.2, -0.15) is 0 Å². The molecule has 0 saturated carbocycles. The molecule has 2 N–H and O–H groups in total. The van der Waals surface area contributed by atoms with Crippen LogP contribution in [0.2, 0.25) is 10.0 Å². The van der Waals surface area contributed by atoms with E-state index >= 15 is 0 Å². The minimum absolute atomic E-state index is 0.0226. The van der Waals surface area contributed by atoms with Gasteiger partial charge in [0.15, 0.2) is 6.61 Å². The van der Waals surface area contributed by atoms with Gasteiger partial charge in [-0.25, -0.2) is 8.42 Å². The smallest absolute Gasteiger partial charge is 0.276 e. The van der Waals surface area contributed by atoms with E-state index in [9.17, 15) is 18.0 Å². The molecule has 12 heteroatoms. The lowest BCUT2D eigenvalue weighted by Gasteiger charge is -2.25. The molecule has 0 unspecified atom stereocenters. The summed E-state index contributed by atoms with van der Waals surface area (Å²) < 4.78 is 38.8. The number of carbonyl (C=O) groups excluding carboxylic acids is 2. The summed E-state index contributed by atoms with van der Waals surface area (Å²) in [5, 5.41) is 0.299. The number of ether oxygens (including phenoxy) is 2. The number of halogens is 2. The number of rotatable bonds is 10. The van der Waals surface area contributed by atoms with Crippen molar-refractivity contribution < 1.29 is 27.5 Å². The molecule has 2 amide bonds. The van der Waals surface area contributed by atoms with Crippen LogP contribution >= 0.6 is 23.2 Å². The summed E-state index contributed by atoms with van der Waals surface area (Å²) in [6.45, 7) is 3.15. The number of hydrogen-bond donors (Lipinski definition) is 2. The summed E-state index contributed by atoms with van der Waals surface area (Å²) in [6, 6.07) is 16.8. The number of nitrogens with zero attached hydrogens (tertiary/aromatic N) is 1. The van der Waals surface area contributed by atoms with Crippen LogP contribution in [-0.4, -0.2) is 40.5 Å². The van der Waals surface area contributed by atoms with Gasteiger partial charge in [-0.3, -0.25) is 24.7 Å². The summed E-state index contributed by atoms with van der Waals surface area (Å²) in [5.41, 5.74) is 4.49. The molecule has 3 rings (SSSR count). The van der Waals surface area contributed by atoms with E-state index in [2.05, 4.69) is 17.4 Å². The second kappa shape index (κ2) is 12.5. The quantitative estimate of drug-likeness (QED) is 0.282. The minimum Gasteiger partial charge on any atom is -0.495 e. The Morgan fingerprint density at radius 2 is 1.65 bits per heavy atom. The molecule has 0 saturated heterocycles. The average Bonchev–Trinajstić information content (AvgIpc) is 2.90. The van der Waals surface area contributed by atoms with Gasteiger partial charge in [-0.15, -0.1) is 6.58 Å². The SMILES string of the molecule is C=CCN(c1ccccc1OC)S(=O)(=O)c1ccc(Cl)c(C(=O)NNC(=O)COc2ccccc2Cl)c1. The second-order valence-electron chi connectivity index (χ2n) is 7.36. The molecule has 0 aliphatic rings. The third kappa shape index (κ3) is 6.73. The minimum atomic E-state index is -4.17. The van der Waals surface area contributed by atoms with Crippen molar-refractivity contribution in [2.75, 3.05) is 24.6 Å². The number of anilines is 1. The topological polar surface area (TPSA) is 114 Å². The molecule has 194 valence electrons. The molecule has 0 aliphatic heterocycles. The summed E-state index contributed by atoms with van der Waals surface area (Å²) in [5.74, 6) is -0.880. The largest absolute Gasteiger partial charge is 0.495 e. The highest BCUT2D eigenvalue weighted by Crippen LogP contribution is 2.33. The van der Waals surface area contributed by atoms with Crippen LogP contribution < -0.4 is 24.6 Å². The first-order valence-electron chi connectivity index (χ1n) is 10.7. The van der Waals surface area contributed by atoms with Crippen LogP contribution in [0.4, 0.5) is 5.69 Å². The highest BCUT2D eigenvalue weighted by molar-refractivity contribution is 7.92. The number of para-hydroxylation sites is 3. The van der Waals surface area contributed by atoms with Gasteiger partial charge in [0.05, 0.1) is 39.8 Å².